The van der Waals surface area contributed by atoms with E-state index in [4.69, 9.17) is 23.7 Å². The largest absolute Gasteiger partial charge is 0.467 e. The van der Waals surface area contributed by atoms with Crippen molar-refractivity contribution in [1.29, 1.82) is 0 Å². The van der Waals surface area contributed by atoms with Crippen molar-refractivity contribution in [3.05, 3.63) is 58.1 Å². The fourth-order valence-corrected chi connectivity index (χ4v) is 2.48. The Morgan fingerprint density at radius 1 is 0.875 bits per heavy atom. The molecule has 0 aliphatic carbocycles. The fraction of sp³-hybridized carbons (Fsp3) is 0.333. The summed E-state index contributed by atoms with van der Waals surface area (Å²) in [5.74, 6) is 1.27. The Balaban J connectivity index is 2.07. The number of hydrogen-bond acceptors (Lipinski definition) is 5. The van der Waals surface area contributed by atoms with Gasteiger partial charge in [-0.25, -0.2) is 0 Å². The Kier molecular flexibility index (Phi) is 8.04. The third-order valence-electron chi connectivity index (χ3n) is 3.13. The van der Waals surface area contributed by atoms with Gasteiger partial charge in [0.05, 0.1) is 17.7 Å². The standard InChI is InChI=1S/C18H21BrO5/c1-20-12-23-16-8-15(18(19)17(9-16)24-13-21-2)11-22-10-14-6-4-3-5-7-14/h3-9H,10-13H2,1-2H3. The lowest BCUT2D eigenvalue weighted by molar-refractivity contribution is 0.0449. The lowest BCUT2D eigenvalue weighted by Gasteiger charge is -2.14. The van der Waals surface area contributed by atoms with Crippen molar-refractivity contribution in [2.75, 3.05) is 27.8 Å². The molecule has 5 nitrogen and oxygen atoms in total. The molecule has 2 aromatic rings. The molecule has 2 rings (SSSR count). The zero-order chi connectivity index (χ0) is 17.2. The van der Waals surface area contributed by atoms with Gasteiger partial charge in [0.2, 0.25) is 0 Å². The van der Waals surface area contributed by atoms with Gasteiger partial charge in [0.1, 0.15) is 11.5 Å². The molecule has 0 radical (unpaired) electrons. The molecular weight excluding hydrogens is 376 g/mol. The molecule has 130 valence electrons. The van der Waals surface area contributed by atoms with Gasteiger partial charge in [-0.05, 0) is 33.1 Å². The lowest BCUT2D eigenvalue weighted by Crippen LogP contribution is -2.04. The van der Waals surface area contributed by atoms with Crippen LogP contribution < -0.4 is 9.47 Å². The fourth-order valence-electron chi connectivity index (χ4n) is 2.02. The zero-order valence-corrected chi connectivity index (χ0v) is 15.4. The van der Waals surface area contributed by atoms with E-state index in [1.54, 1.807) is 20.3 Å². The van der Waals surface area contributed by atoms with Crippen LogP contribution in [0.25, 0.3) is 0 Å². The van der Waals surface area contributed by atoms with Crippen LogP contribution in [0, 0.1) is 0 Å². The maximum absolute atomic E-state index is 5.80. The van der Waals surface area contributed by atoms with Crippen LogP contribution >= 0.6 is 15.9 Å². The summed E-state index contributed by atoms with van der Waals surface area (Å²) in [5.41, 5.74) is 2.04. The van der Waals surface area contributed by atoms with Gasteiger partial charge in [-0.2, -0.15) is 0 Å². The minimum absolute atomic E-state index is 0.149. The summed E-state index contributed by atoms with van der Waals surface area (Å²) in [6.45, 7) is 1.26. The molecule has 0 aliphatic heterocycles. The summed E-state index contributed by atoms with van der Waals surface area (Å²) >= 11 is 3.55. The lowest BCUT2D eigenvalue weighted by atomic mass is 10.2. The van der Waals surface area contributed by atoms with Gasteiger partial charge in [-0.3, -0.25) is 0 Å². The summed E-state index contributed by atoms with van der Waals surface area (Å²) in [4.78, 5) is 0. The smallest absolute Gasteiger partial charge is 0.188 e. The van der Waals surface area contributed by atoms with Crippen LogP contribution in [0.15, 0.2) is 46.9 Å². The zero-order valence-electron chi connectivity index (χ0n) is 13.8. The second kappa shape index (κ2) is 10.3. The first-order valence-electron chi connectivity index (χ1n) is 7.42. The van der Waals surface area contributed by atoms with E-state index in [2.05, 4.69) is 15.9 Å². The van der Waals surface area contributed by atoms with Crippen molar-refractivity contribution in [2.24, 2.45) is 0 Å². The van der Waals surface area contributed by atoms with Crippen molar-refractivity contribution < 1.29 is 23.7 Å². The number of ether oxygens (including phenoxy) is 5. The predicted octanol–water partition coefficient (Wildman–Crippen LogP) is 4.13. The molecule has 0 saturated carbocycles. The Hall–Kier alpha value is -1.60. The minimum atomic E-state index is 0.149. The number of halogens is 1. The average Bonchev–Trinajstić information content (AvgIpc) is 2.61. The molecule has 24 heavy (non-hydrogen) atoms. The minimum Gasteiger partial charge on any atom is -0.467 e. The van der Waals surface area contributed by atoms with Crippen molar-refractivity contribution in [2.45, 2.75) is 13.2 Å². The molecule has 0 fully saturated rings. The highest BCUT2D eigenvalue weighted by molar-refractivity contribution is 9.10. The summed E-state index contributed by atoms with van der Waals surface area (Å²) in [7, 11) is 3.15. The van der Waals surface area contributed by atoms with Crippen LogP contribution in [0.5, 0.6) is 11.5 Å². The second-order valence-corrected chi connectivity index (χ2v) is 5.77. The van der Waals surface area contributed by atoms with Gasteiger partial charge in [0.15, 0.2) is 13.6 Å². The number of rotatable bonds is 10. The van der Waals surface area contributed by atoms with Crippen molar-refractivity contribution in [3.63, 3.8) is 0 Å². The first-order chi connectivity index (χ1) is 11.7. The predicted molar refractivity (Wildman–Crippen MR) is 94.1 cm³/mol. The van der Waals surface area contributed by atoms with Gasteiger partial charge in [0, 0.05) is 20.3 Å². The quantitative estimate of drug-likeness (QED) is 0.565. The molecule has 6 heteroatoms. The molecule has 0 unspecified atom stereocenters. The summed E-state index contributed by atoms with van der Waals surface area (Å²) < 4.78 is 27.6. The van der Waals surface area contributed by atoms with E-state index >= 15 is 0 Å². The molecule has 0 amide bonds. The molecule has 0 bridgehead atoms. The van der Waals surface area contributed by atoms with E-state index in [0.717, 1.165) is 15.6 Å². The van der Waals surface area contributed by atoms with Gasteiger partial charge < -0.3 is 23.7 Å². The summed E-state index contributed by atoms with van der Waals surface area (Å²) in [6.07, 6.45) is 0. The molecule has 0 N–H and O–H groups in total. The number of hydrogen-bond donors (Lipinski definition) is 0. The highest BCUT2D eigenvalue weighted by atomic mass is 79.9. The van der Waals surface area contributed by atoms with Gasteiger partial charge in [-0.1, -0.05) is 30.3 Å². The molecule has 0 spiro atoms. The average molecular weight is 397 g/mol. The third kappa shape index (κ3) is 5.79. The molecule has 0 saturated heterocycles. The maximum atomic E-state index is 5.80. The van der Waals surface area contributed by atoms with E-state index < -0.39 is 0 Å². The Morgan fingerprint density at radius 3 is 2.29 bits per heavy atom. The highest BCUT2D eigenvalue weighted by Crippen LogP contribution is 2.34. The maximum Gasteiger partial charge on any atom is 0.188 e. The molecule has 0 aliphatic rings. The Bertz CT molecular complexity index is 618. The Morgan fingerprint density at radius 2 is 1.58 bits per heavy atom. The van der Waals surface area contributed by atoms with Crippen LogP contribution in [0.3, 0.4) is 0 Å². The van der Waals surface area contributed by atoms with E-state index in [1.807, 2.05) is 36.4 Å². The normalized spacial score (nSPS) is 10.6. The van der Waals surface area contributed by atoms with Crippen LogP contribution in [-0.4, -0.2) is 27.8 Å². The monoisotopic (exact) mass is 396 g/mol. The van der Waals surface area contributed by atoms with Crippen LogP contribution in [0.2, 0.25) is 0 Å². The van der Waals surface area contributed by atoms with Gasteiger partial charge in [0.25, 0.3) is 0 Å². The van der Waals surface area contributed by atoms with E-state index in [0.29, 0.717) is 24.7 Å². The molecule has 0 aromatic heterocycles. The topological polar surface area (TPSA) is 46.2 Å². The van der Waals surface area contributed by atoms with E-state index in [9.17, 15) is 0 Å². The van der Waals surface area contributed by atoms with Gasteiger partial charge in [-0.15, -0.1) is 0 Å². The summed E-state index contributed by atoms with van der Waals surface area (Å²) in [6, 6.07) is 13.7. The molecule has 0 atom stereocenters. The Labute approximate surface area is 150 Å². The van der Waals surface area contributed by atoms with E-state index in [-0.39, 0.29) is 13.6 Å². The molecule has 2 aromatic carbocycles. The van der Waals surface area contributed by atoms with Crippen LogP contribution in [-0.2, 0) is 27.4 Å². The van der Waals surface area contributed by atoms with Crippen molar-refractivity contribution >= 4 is 15.9 Å². The third-order valence-corrected chi connectivity index (χ3v) is 4.03. The number of benzene rings is 2. The molecular formula is C18H21BrO5. The van der Waals surface area contributed by atoms with Crippen molar-refractivity contribution in [1.82, 2.24) is 0 Å². The van der Waals surface area contributed by atoms with E-state index in [1.165, 1.54) is 0 Å². The first kappa shape index (κ1) is 18.7. The second-order valence-electron chi connectivity index (χ2n) is 4.97. The summed E-state index contributed by atoms with van der Waals surface area (Å²) in [5, 5.41) is 0. The van der Waals surface area contributed by atoms with Crippen LogP contribution in [0.4, 0.5) is 0 Å². The SMILES string of the molecule is COCOc1cc(COCc2ccccc2)c(Br)c(OCOC)c1. The van der Waals surface area contributed by atoms with Crippen LogP contribution in [0.1, 0.15) is 11.1 Å². The molecule has 0 heterocycles. The van der Waals surface area contributed by atoms with Gasteiger partial charge >= 0.3 is 0 Å². The van der Waals surface area contributed by atoms with Crippen molar-refractivity contribution in [3.8, 4) is 11.5 Å². The highest BCUT2D eigenvalue weighted by Gasteiger charge is 2.11. The number of methoxy groups -OCH3 is 2. The first-order valence-corrected chi connectivity index (χ1v) is 8.21.